The Kier molecular flexibility index (Phi) is 7.55. The molecular weight excluding hydrogens is 344 g/mol. The number of ether oxygens (including phenoxy) is 1. The second-order valence-corrected chi connectivity index (χ2v) is 8.40. The zero-order valence-corrected chi connectivity index (χ0v) is 16.2. The van der Waals surface area contributed by atoms with Crippen molar-refractivity contribution in [3.63, 3.8) is 0 Å². The highest BCUT2D eigenvalue weighted by molar-refractivity contribution is 8.01. The molecule has 1 fully saturated rings. The average Bonchev–Trinajstić information content (AvgIpc) is 2.97. The summed E-state index contributed by atoms with van der Waals surface area (Å²) in [6, 6.07) is 0.289. The zero-order valence-electron chi connectivity index (χ0n) is 14.5. The minimum Gasteiger partial charge on any atom is -0.466 e. The summed E-state index contributed by atoms with van der Waals surface area (Å²) < 4.78 is 5.73. The van der Waals surface area contributed by atoms with Gasteiger partial charge < -0.3 is 10.1 Å². The molecule has 7 heteroatoms. The number of aromatic nitrogens is 1. The van der Waals surface area contributed by atoms with Crippen molar-refractivity contribution in [3.8, 4) is 0 Å². The molecule has 1 N–H and O–H groups in total. The Labute approximate surface area is 152 Å². The van der Waals surface area contributed by atoms with E-state index < -0.39 is 0 Å². The third kappa shape index (κ3) is 5.77. The fraction of sp³-hybridized carbons (Fsp3) is 0.706. The van der Waals surface area contributed by atoms with Gasteiger partial charge in [-0.05, 0) is 25.2 Å². The van der Waals surface area contributed by atoms with Crippen LogP contribution in [-0.2, 0) is 20.7 Å². The molecule has 134 valence electrons. The first kappa shape index (κ1) is 19.2. The lowest BCUT2D eigenvalue weighted by molar-refractivity contribution is -0.142. The van der Waals surface area contributed by atoms with E-state index in [0.29, 0.717) is 29.9 Å². The van der Waals surface area contributed by atoms with Gasteiger partial charge in [0.05, 0.1) is 24.5 Å². The summed E-state index contributed by atoms with van der Waals surface area (Å²) in [4.78, 5) is 28.0. The number of thioether (sulfide) groups is 1. The van der Waals surface area contributed by atoms with E-state index in [1.807, 2.05) is 5.38 Å². The van der Waals surface area contributed by atoms with Crippen LogP contribution in [0.5, 0.6) is 0 Å². The predicted octanol–water partition coefficient (Wildman–Crippen LogP) is 3.28. The van der Waals surface area contributed by atoms with Crippen LogP contribution < -0.4 is 5.32 Å². The molecule has 0 bridgehead atoms. The SMILES string of the molecule is CCOC(=O)Cc1csc(SCC(=O)N[C@@H]2CCC[C@H](C)[C@@H]2C)n1. The first-order valence-corrected chi connectivity index (χ1v) is 10.4. The molecule has 5 nitrogen and oxygen atoms in total. The fourth-order valence-electron chi connectivity index (χ4n) is 2.96. The molecule has 0 aliphatic heterocycles. The van der Waals surface area contributed by atoms with Crippen LogP contribution in [0.15, 0.2) is 9.72 Å². The van der Waals surface area contributed by atoms with E-state index >= 15 is 0 Å². The third-order valence-electron chi connectivity index (χ3n) is 4.54. The maximum atomic E-state index is 12.2. The lowest BCUT2D eigenvalue weighted by Gasteiger charge is -2.34. The Balaban J connectivity index is 1.75. The van der Waals surface area contributed by atoms with Gasteiger partial charge >= 0.3 is 5.97 Å². The second-order valence-electron chi connectivity index (χ2n) is 6.32. The summed E-state index contributed by atoms with van der Waals surface area (Å²) in [6.07, 6.45) is 3.70. The minimum absolute atomic E-state index is 0.0630. The topological polar surface area (TPSA) is 68.3 Å². The van der Waals surface area contributed by atoms with Gasteiger partial charge in [-0.1, -0.05) is 38.5 Å². The number of hydrogen-bond donors (Lipinski definition) is 1. The van der Waals surface area contributed by atoms with Gasteiger partial charge in [0.1, 0.15) is 0 Å². The standard InChI is InChI=1S/C17H26N2O3S2/c1-4-22-16(21)8-13-9-23-17(18-13)24-10-15(20)19-14-7-5-6-11(2)12(14)3/h9,11-12,14H,4-8,10H2,1-3H3,(H,19,20)/t11-,12-,14+/m0/s1. The van der Waals surface area contributed by atoms with Crippen molar-refractivity contribution in [2.24, 2.45) is 11.8 Å². The number of amides is 1. The highest BCUT2D eigenvalue weighted by Gasteiger charge is 2.28. The maximum Gasteiger partial charge on any atom is 0.311 e. The van der Waals surface area contributed by atoms with E-state index in [2.05, 4.69) is 24.1 Å². The monoisotopic (exact) mass is 370 g/mol. The van der Waals surface area contributed by atoms with Crippen molar-refractivity contribution in [2.75, 3.05) is 12.4 Å². The lowest BCUT2D eigenvalue weighted by Crippen LogP contribution is -2.44. The Morgan fingerprint density at radius 1 is 1.42 bits per heavy atom. The minimum atomic E-state index is -0.266. The number of thiazole rings is 1. The first-order chi connectivity index (χ1) is 11.5. The van der Waals surface area contributed by atoms with Crippen LogP contribution in [0.3, 0.4) is 0 Å². The van der Waals surface area contributed by atoms with E-state index in [-0.39, 0.29) is 24.3 Å². The molecule has 0 radical (unpaired) electrons. The number of hydrogen-bond acceptors (Lipinski definition) is 6. The molecule has 3 atom stereocenters. The highest BCUT2D eigenvalue weighted by Crippen LogP contribution is 2.29. The smallest absolute Gasteiger partial charge is 0.311 e. The molecule has 0 spiro atoms. The number of esters is 1. The number of carbonyl (C=O) groups is 2. The largest absolute Gasteiger partial charge is 0.466 e. The van der Waals surface area contributed by atoms with Crippen LogP contribution >= 0.6 is 23.1 Å². The normalized spacial score (nSPS) is 23.7. The Morgan fingerprint density at radius 3 is 2.96 bits per heavy atom. The van der Waals surface area contributed by atoms with Gasteiger partial charge in [0, 0.05) is 11.4 Å². The maximum absolute atomic E-state index is 12.2. The Morgan fingerprint density at radius 2 is 2.21 bits per heavy atom. The Hall–Kier alpha value is -1.08. The van der Waals surface area contributed by atoms with Gasteiger partial charge in [0.15, 0.2) is 4.34 Å². The third-order valence-corrected chi connectivity index (χ3v) is 6.61. The Bertz CT molecular complexity index is 562. The zero-order chi connectivity index (χ0) is 17.5. The molecule has 0 unspecified atom stereocenters. The fourth-order valence-corrected chi connectivity index (χ4v) is 4.61. The number of nitrogens with zero attached hydrogens (tertiary/aromatic N) is 1. The van der Waals surface area contributed by atoms with Gasteiger partial charge in [-0.25, -0.2) is 4.98 Å². The highest BCUT2D eigenvalue weighted by atomic mass is 32.2. The molecule has 0 aromatic carbocycles. The summed E-state index contributed by atoms with van der Waals surface area (Å²) in [7, 11) is 0. The van der Waals surface area contributed by atoms with Gasteiger partial charge in [0.25, 0.3) is 0 Å². The summed E-state index contributed by atoms with van der Waals surface area (Å²) >= 11 is 2.89. The second kappa shape index (κ2) is 9.42. The molecule has 1 heterocycles. The molecule has 1 aliphatic carbocycles. The molecule has 1 aliphatic rings. The van der Waals surface area contributed by atoms with Crippen molar-refractivity contribution >= 4 is 35.0 Å². The summed E-state index contributed by atoms with van der Waals surface area (Å²) in [5.74, 6) is 1.36. The quantitative estimate of drug-likeness (QED) is 0.589. The van der Waals surface area contributed by atoms with Gasteiger partial charge in [-0.15, -0.1) is 11.3 Å². The average molecular weight is 371 g/mol. The van der Waals surface area contributed by atoms with Crippen LogP contribution in [0, 0.1) is 11.8 Å². The van der Waals surface area contributed by atoms with Crippen molar-refractivity contribution in [3.05, 3.63) is 11.1 Å². The molecule has 0 saturated heterocycles. The van der Waals surface area contributed by atoms with E-state index in [4.69, 9.17) is 4.74 Å². The van der Waals surface area contributed by atoms with E-state index in [1.165, 1.54) is 35.9 Å². The molecular formula is C17H26N2O3S2. The van der Waals surface area contributed by atoms with Gasteiger partial charge in [-0.2, -0.15) is 0 Å². The predicted molar refractivity (Wildman–Crippen MR) is 97.3 cm³/mol. The first-order valence-electron chi connectivity index (χ1n) is 8.51. The van der Waals surface area contributed by atoms with Crippen LogP contribution in [0.4, 0.5) is 0 Å². The molecule has 24 heavy (non-hydrogen) atoms. The van der Waals surface area contributed by atoms with Gasteiger partial charge in [-0.3, -0.25) is 9.59 Å². The molecule has 1 amide bonds. The lowest BCUT2D eigenvalue weighted by atomic mass is 9.78. The van der Waals surface area contributed by atoms with Crippen LogP contribution in [0.25, 0.3) is 0 Å². The summed E-state index contributed by atoms with van der Waals surface area (Å²) in [5.41, 5.74) is 0.705. The molecule has 1 aromatic rings. The number of carbonyl (C=O) groups excluding carboxylic acids is 2. The van der Waals surface area contributed by atoms with Crippen molar-refractivity contribution < 1.29 is 14.3 Å². The van der Waals surface area contributed by atoms with Crippen molar-refractivity contribution in [2.45, 2.75) is 56.8 Å². The van der Waals surface area contributed by atoms with E-state index in [0.717, 1.165) is 10.8 Å². The molecule has 1 aromatic heterocycles. The number of nitrogens with one attached hydrogen (secondary N) is 1. The van der Waals surface area contributed by atoms with Crippen molar-refractivity contribution in [1.82, 2.24) is 10.3 Å². The summed E-state index contributed by atoms with van der Waals surface area (Å²) in [5, 5.41) is 5.02. The van der Waals surface area contributed by atoms with Crippen molar-refractivity contribution in [1.29, 1.82) is 0 Å². The van der Waals surface area contributed by atoms with Crippen LogP contribution in [0.1, 0.15) is 45.7 Å². The number of rotatable bonds is 7. The van der Waals surface area contributed by atoms with E-state index in [9.17, 15) is 9.59 Å². The van der Waals surface area contributed by atoms with Crippen LogP contribution in [0.2, 0.25) is 0 Å². The van der Waals surface area contributed by atoms with Crippen LogP contribution in [-0.4, -0.2) is 35.3 Å². The van der Waals surface area contributed by atoms with Gasteiger partial charge in [0.2, 0.25) is 5.91 Å². The molecule has 1 saturated carbocycles. The molecule has 2 rings (SSSR count). The summed E-state index contributed by atoms with van der Waals surface area (Å²) in [6.45, 7) is 6.65. The van der Waals surface area contributed by atoms with E-state index in [1.54, 1.807) is 6.92 Å².